The third kappa shape index (κ3) is 3.19. The zero-order chi connectivity index (χ0) is 12.3. The molecular formula is C14H23N3. The maximum atomic E-state index is 4.38. The first kappa shape index (κ1) is 12.4. The fourth-order valence-electron chi connectivity index (χ4n) is 2.58. The summed E-state index contributed by atoms with van der Waals surface area (Å²) in [6.45, 7) is 9.93. The topological polar surface area (TPSA) is 28.2 Å². The van der Waals surface area contributed by atoms with Gasteiger partial charge in [-0.1, -0.05) is 13.8 Å². The summed E-state index contributed by atoms with van der Waals surface area (Å²) in [4.78, 5) is 6.84. The van der Waals surface area contributed by atoms with Gasteiger partial charge in [-0.2, -0.15) is 0 Å². The lowest BCUT2D eigenvalue weighted by Crippen LogP contribution is -2.51. The summed E-state index contributed by atoms with van der Waals surface area (Å²) in [5, 5.41) is 3.61. The Labute approximate surface area is 104 Å². The minimum atomic E-state index is 0.614. The molecule has 0 saturated carbocycles. The van der Waals surface area contributed by atoms with Crippen LogP contribution < -0.4 is 10.2 Å². The van der Waals surface area contributed by atoms with Gasteiger partial charge < -0.3 is 10.2 Å². The number of hydrogen-bond donors (Lipinski definition) is 1. The summed E-state index contributed by atoms with van der Waals surface area (Å²) >= 11 is 0. The van der Waals surface area contributed by atoms with Crippen molar-refractivity contribution in [1.29, 1.82) is 0 Å². The molecule has 94 valence electrons. The molecule has 1 atom stereocenters. The summed E-state index contributed by atoms with van der Waals surface area (Å²) in [7, 11) is 0. The van der Waals surface area contributed by atoms with Crippen LogP contribution in [0.1, 0.15) is 26.0 Å². The first-order valence-corrected chi connectivity index (χ1v) is 6.56. The number of aryl methyl sites for hydroxylation is 1. The Morgan fingerprint density at radius 3 is 3.06 bits per heavy atom. The third-order valence-electron chi connectivity index (χ3n) is 3.33. The fraction of sp³-hybridized carbons (Fsp3) is 0.643. The summed E-state index contributed by atoms with van der Waals surface area (Å²) in [5.74, 6) is 0.752. The van der Waals surface area contributed by atoms with Gasteiger partial charge in [-0.05, 0) is 31.4 Å². The minimum absolute atomic E-state index is 0.614. The smallest absolute Gasteiger partial charge is 0.0605 e. The van der Waals surface area contributed by atoms with Crippen molar-refractivity contribution in [3.63, 3.8) is 0 Å². The Morgan fingerprint density at radius 1 is 1.53 bits per heavy atom. The second kappa shape index (κ2) is 5.50. The van der Waals surface area contributed by atoms with E-state index < -0.39 is 0 Å². The fourth-order valence-corrected chi connectivity index (χ4v) is 2.58. The first-order valence-electron chi connectivity index (χ1n) is 6.56. The van der Waals surface area contributed by atoms with E-state index in [9.17, 15) is 0 Å². The van der Waals surface area contributed by atoms with E-state index in [0.29, 0.717) is 6.04 Å². The van der Waals surface area contributed by atoms with Crippen molar-refractivity contribution in [1.82, 2.24) is 10.3 Å². The zero-order valence-corrected chi connectivity index (χ0v) is 11.1. The van der Waals surface area contributed by atoms with E-state index in [2.05, 4.69) is 42.0 Å². The lowest BCUT2D eigenvalue weighted by Gasteiger charge is -2.36. The van der Waals surface area contributed by atoms with Crippen LogP contribution >= 0.6 is 0 Å². The van der Waals surface area contributed by atoms with Crippen molar-refractivity contribution < 1.29 is 0 Å². The van der Waals surface area contributed by atoms with E-state index in [1.165, 1.54) is 12.1 Å². The molecule has 1 aliphatic rings. The van der Waals surface area contributed by atoms with E-state index in [-0.39, 0.29) is 0 Å². The average molecular weight is 233 g/mol. The third-order valence-corrected chi connectivity index (χ3v) is 3.33. The molecule has 3 nitrogen and oxygen atoms in total. The SMILES string of the molecule is Cc1ncccc1N1CCNC(CC(C)C)C1. The van der Waals surface area contributed by atoms with E-state index in [4.69, 9.17) is 0 Å². The largest absolute Gasteiger partial charge is 0.367 e. The molecule has 0 aromatic carbocycles. The highest BCUT2D eigenvalue weighted by Gasteiger charge is 2.21. The molecule has 1 unspecified atom stereocenters. The molecule has 17 heavy (non-hydrogen) atoms. The molecule has 1 aromatic rings. The van der Waals surface area contributed by atoms with E-state index >= 15 is 0 Å². The Bertz CT molecular complexity index is 362. The Balaban J connectivity index is 2.04. The van der Waals surface area contributed by atoms with E-state index in [1.807, 2.05) is 12.3 Å². The predicted octanol–water partition coefficient (Wildman–Crippen LogP) is 2.21. The molecule has 3 heteroatoms. The number of rotatable bonds is 3. The number of aromatic nitrogens is 1. The normalized spacial score (nSPS) is 20.9. The molecule has 0 bridgehead atoms. The quantitative estimate of drug-likeness (QED) is 0.867. The van der Waals surface area contributed by atoms with Crippen LogP contribution in [0.3, 0.4) is 0 Å². The summed E-state index contributed by atoms with van der Waals surface area (Å²) in [6, 6.07) is 4.82. The maximum Gasteiger partial charge on any atom is 0.0605 e. The number of hydrogen-bond acceptors (Lipinski definition) is 3. The molecule has 0 spiro atoms. The minimum Gasteiger partial charge on any atom is -0.367 e. The molecule has 0 amide bonds. The van der Waals surface area contributed by atoms with Gasteiger partial charge in [0.05, 0.1) is 11.4 Å². The molecule has 1 aromatic heterocycles. The zero-order valence-electron chi connectivity index (χ0n) is 11.1. The van der Waals surface area contributed by atoms with Crippen molar-refractivity contribution in [3.05, 3.63) is 24.0 Å². The molecule has 2 heterocycles. The van der Waals surface area contributed by atoms with Gasteiger partial charge >= 0.3 is 0 Å². The predicted molar refractivity (Wildman–Crippen MR) is 72.4 cm³/mol. The van der Waals surface area contributed by atoms with Gasteiger partial charge in [-0.15, -0.1) is 0 Å². The lowest BCUT2D eigenvalue weighted by atomic mass is 10.0. The van der Waals surface area contributed by atoms with Crippen molar-refractivity contribution >= 4 is 5.69 Å². The van der Waals surface area contributed by atoms with Gasteiger partial charge in [0.1, 0.15) is 0 Å². The van der Waals surface area contributed by atoms with Crippen LogP contribution in [0.2, 0.25) is 0 Å². The second-order valence-corrected chi connectivity index (χ2v) is 5.33. The molecule has 1 N–H and O–H groups in total. The molecule has 0 radical (unpaired) electrons. The number of nitrogens with one attached hydrogen (secondary N) is 1. The van der Waals surface area contributed by atoms with Crippen molar-refractivity contribution in [2.75, 3.05) is 24.5 Å². The van der Waals surface area contributed by atoms with Crippen molar-refractivity contribution in [3.8, 4) is 0 Å². The highest BCUT2D eigenvalue weighted by molar-refractivity contribution is 5.50. The van der Waals surface area contributed by atoms with Crippen LogP contribution in [0, 0.1) is 12.8 Å². The summed E-state index contributed by atoms with van der Waals surface area (Å²) in [6.07, 6.45) is 3.11. The van der Waals surface area contributed by atoms with Gasteiger partial charge in [0.2, 0.25) is 0 Å². The van der Waals surface area contributed by atoms with Crippen LogP contribution in [-0.4, -0.2) is 30.7 Å². The molecular weight excluding hydrogens is 210 g/mol. The molecule has 1 fully saturated rings. The van der Waals surface area contributed by atoms with Gasteiger partial charge in [0.25, 0.3) is 0 Å². The second-order valence-electron chi connectivity index (χ2n) is 5.33. The highest BCUT2D eigenvalue weighted by Crippen LogP contribution is 2.20. The van der Waals surface area contributed by atoms with Gasteiger partial charge in [0.15, 0.2) is 0 Å². The number of piperazine rings is 1. The average Bonchev–Trinajstić information content (AvgIpc) is 2.29. The molecule has 0 aliphatic carbocycles. The van der Waals surface area contributed by atoms with Gasteiger partial charge in [-0.3, -0.25) is 4.98 Å². The van der Waals surface area contributed by atoms with E-state index in [1.54, 1.807) is 0 Å². The van der Waals surface area contributed by atoms with Crippen LogP contribution in [0.5, 0.6) is 0 Å². The van der Waals surface area contributed by atoms with Crippen molar-refractivity contribution in [2.24, 2.45) is 5.92 Å². The maximum absolute atomic E-state index is 4.38. The molecule has 1 saturated heterocycles. The number of pyridine rings is 1. The first-order chi connectivity index (χ1) is 8.16. The lowest BCUT2D eigenvalue weighted by molar-refractivity contribution is 0.388. The Kier molecular flexibility index (Phi) is 4.00. The van der Waals surface area contributed by atoms with Crippen molar-refractivity contribution in [2.45, 2.75) is 33.2 Å². The standard InChI is InChI=1S/C14H23N3/c1-11(2)9-13-10-17(8-7-16-13)14-5-4-6-15-12(14)3/h4-6,11,13,16H,7-10H2,1-3H3. The Hall–Kier alpha value is -1.09. The number of nitrogens with zero attached hydrogens (tertiary/aromatic N) is 2. The summed E-state index contributed by atoms with van der Waals surface area (Å²) in [5.41, 5.74) is 2.43. The van der Waals surface area contributed by atoms with Crippen LogP contribution in [-0.2, 0) is 0 Å². The highest BCUT2D eigenvalue weighted by atomic mass is 15.2. The molecule has 1 aliphatic heterocycles. The van der Waals surface area contributed by atoms with Crippen LogP contribution in [0.25, 0.3) is 0 Å². The van der Waals surface area contributed by atoms with Gasteiger partial charge in [-0.25, -0.2) is 0 Å². The molecule has 2 rings (SSSR count). The van der Waals surface area contributed by atoms with Gasteiger partial charge in [0, 0.05) is 31.9 Å². The Morgan fingerprint density at radius 2 is 2.35 bits per heavy atom. The number of anilines is 1. The van der Waals surface area contributed by atoms with E-state index in [0.717, 1.165) is 31.2 Å². The summed E-state index contributed by atoms with van der Waals surface area (Å²) < 4.78 is 0. The van der Waals surface area contributed by atoms with Crippen LogP contribution in [0.4, 0.5) is 5.69 Å². The monoisotopic (exact) mass is 233 g/mol. The van der Waals surface area contributed by atoms with Crippen LogP contribution in [0.15, 0.2) is 18.3 Å².